The molecule has 0 aliphatic carbocycles. The highest BCUT2D eigenvalue weighted by Crippen LogP contribution is 2.34. The van der Waals surface area contributed by atoms with E-state index in [-0.39, 0.29) is 17.5 Å². The van der Waals surface area contributed by atoms with Gasteiger partial charge in [-0.2, -0.15) is 0 Å². The normalized spacial score (nSPS) is 23.5. The fourth-order valence-corrected chi connectivity index (χ4v) is 3.06. The number of ether oxygens (including phenoxy) is 1. The molecular weight excluding hydrogens is 256 g/mol. The highest BCUT2D eigenvalue weighted by atomic mass is 16.5. The average Bonchev–Trinajstić information content (AvgIpc) is 2.47. The van der Waals surface area contributed by atoms with Crippen molar-refractivity contribution in [1.29, 1.82) is 0 Å². The van der Waals surface area contributed by atoms with Crippen molar-refractivity contribution >= 4 is 0 Å². The van der Waals surface area contributed by atoms with Crippen LogP contribution >= 0.6 is 0 Å². The molecular formula is C15H22N2O3. The zero-order valence-corrected chi connectivity index (χ0v) is 11.6. The maximum atomic E-state index is 9.71. The minimum absolute atomic E-state index is 0.0161. The quantitative estimate of drug-likeness (QED) is 0.720. The van der Waals surface area contributed by atoms with Crippen molar-refractivity contribution in [2.75, 3.05) is 39.4 Å². The van der Waals surface area contributed by atoms with Crippen molar-refractivity contribution in [3.05, 3.63) is 23.3 Å². The van der Waals surface area contributed by atoms with E-state index in [1.54, 1.807) is 12.1 Å². The summed E-state index contributed by atoms with van der Waals surface area (Å²) < 4.78 is 5.36. The standard InChI is InChI=1S/C15H22N2O3/c18-14-9-11-1-3-16-13(12(11)10-15(14)19)2-4-17-5-7-20-8-6-17/h9-10,13,16,18-19H,1-8H2. The lowest BCUT2D eigenvalue weighted by molar-refractivity contribution is 0.0360. The first kappa shape index (κ1) is 13.7. The number of nitrogens with zero attached hydrogens (tertiary/aromatic N) is 1. The van der Waals surface area contributed by atoms with Gasteiger partial charge in [-0.3, -0.25) is 4.90 Å². The molecule has 0 saturated carbocycles. The van der Waals surface area contributed by atoms with E-state index in [1.165, 1.54) is 0 Å². The Morgan fingerprint density at radius 1 is 1.20 bits per heavy atom. The molecule has 1 aromatic rings. The van der Waals surface area contributed by atoms with Gasteiger partial charge in [0.15, 0.2) is 11.5 Å². The zero-order valence-electron chi connectivity index (χ0n) is 11.6. The number of phenolic OH excluding ortho intramolecular Hbond substituents is 2. The maximum Gasteiger partial charge on any atom is 0.157 e. The number of morpholine rings is 1. The summed E-state index contributed by atoms with van der Waals surface area (Å²) in [5.41, 5.74) is 2.27. The Kier molecular flexibility index (Phi) is 4.10. The van der Waals surface area contributed by atoms with E-state index in [0.29, 0.717) is 0 Å². The highest BCUT2D eigenvalue weighted by Gasteiger charge is 2.22. The molecule has 1 atom stereocenters. The molecule has 2 heterocycles. The number of benzene rings is 1. The lowest BCUT2D eigenvalue weighted by Crippen LogP contribution is -2.39. The Labute approximate surface area is 119 Å². The molecule has 110 valence electrons. The molecule has 1 saturated heterocycles. The monoisotopic (exact) mass is 278 g/mol. The van der Waals surface area contributed by atoms with Crippen molar-refractivity contribution in [3.8, 4) is 11.5 Å². The Balaban J connectivity index is 1.68. The van der Waals surface area contributed by atoms with Gasteiger partial charge in [0.25, 0.3) is 0 Å². The van der Waals surface area contributed by atoms with Gasteiger partial charge in [0.1, 0.15) is 0 Å². The predicted octanol–water partition coefficient (Wildman–Crippen LogP) is 1.01. The van der Waals surface area contributed by atoms with Crippen LogP contribution in [0.4, 0.5) is 0 Å². The second-order valence-corrected chi connectivity index (χ2v) is 5.54. The smallest absolute Gasteiger partial charge is 0.157 e. The van der Waals surface area contributed by atoms with Gasteiger partial charge in [0.05, 0.1) is 13.2 Å². The second kappa shape index (κ2) is 5.99. The second-order valence-electron chi connectivity index (χ2n) is 5.54. The Bertz CT molecular complexity index is 472. The van der Waals surface area contributed by atoms with Crippen LogP contribution in [0.5, 0.6) is 11.5 Å². The molecule has 1 fully saturated rings. The molecule has 20 heavy (non-hydrogen) atoms. The largest absolute Gasteiger partial charge is 0.504 e. The third-order valence-electron chi connectivity index (χ3n) is 4.23. The van der Waals surface area contributed by atoms with Crippen LogP contribution in [0.3, 0.4) is 0 Å². The highest BCUT2D eigenvalue weighted by molar-refractivity contribution is 5.47. The Morgan fingerprint density at radius 2 is 1.95 bits per heavy atom. The topological polar surface area (TPSA) is 65.0 Å². The average molecular weight is 278 g/mol. The van der Waals surface area contributed by atoms with E-state index in [2.05, 4.69) is 10.2 Å². The first-order valence-electron chi connectivity index (χ1n) is 7.32. The molecule has 2 aliphatic rings. The SMILES string of the molecule is Oc1cc2c(cc1O)C(CCN1CCOCC1)NCC2. The van der Waals surface area contributed by atoms with Crippen LogP contribution in [-0.4, -0.2) is 54.5 Å². The molecule has 0 aromatic heterocycles. The van der Waals surface area contributed by atoms with Crippen LogP contribution in [0.15, 0.2) is 12.1 Å². The summed E-state index contributed by atoms with van der Waals surface area (Å²) in [6.45, 7) is 5.60. The molecule has 0 spiro atoms. The molecule has 1 unspecified atom stereocenters. The van der Waals surface area contributed by atoms with E-state index in [4.69, 9.17) is 4.74 Å². The van der Waals surface area contributed by atoms with Gasteiger partial charge < -0.3 is 20.3 Å². The lowest BCUT2D eigenvalue weighted by Gasteiger charge is -2.31. The Morgan fingerprint density at radius 3 is 2.75 bits per heavy atom. The first-order chi connectivity index (χ1) is 9.74. The van der Waals surface area contributed by atoms with Crippen LogP contribution in [0.2, 0.25) is 0 Å². The van der Waals surface area contributed by atoms with Gasteiger partial charge >= 0.3 is 0 Å². The van der Waals surface area contributed by atoms with Gasteiger partial charge in [-0.15, -0.1) is 0 Å². The molecule has 3 rings (SSSR count). The van der Waals surface area contributed by atoms with Gasteiger partial charge in [-0.25, -0.2) is 0 Å². The molecule has 5 nitrogen and oxygen atoms in total. The van der Waals surface area contributed by atoms with Crippen LogP contribution < -0.4 is 5.32 Å². The predicted molar refractivity (Wildman–Crippen MR) is 76.1 cm³/mol. The summed E-state index contributed by atoms with van der Waals surface area (Å²) in [4.78, 5) is 2.42. The van der Waals surface area contributed by atoms with E-state index in [9.17, 15) is 10.2 Å². The van der Waals surface area contributed by atoms with Crippen LogP contribution in [0.25, 0.3) is 0 Å². The number of hydrogen-bond acceptors (Lipinski definition) is 5. The Hall–Kier alpha value is -1.30. The van der Waals surface area contributed by atoms with Crippen LogP contribution in [-0.2, 0) is 11.2 Å². The summed E-state index contributed by atoms with van der Waals surface area (Å²) in [5, 5.41) is 22.8. The maximum absolute atomic E-state index is 9.71. The summed E-state index contributed by atoms with van der Waals surface area (Å²) in [5.74, 6) is -0.0404. The van der Waals surface area contributed by atoms with Gasteiger partial charge in [0.2, 0.25) is 0 Å². The van der Waals surface area contributed by atoms with E-state index in [0.717, 1.165) is 63.4 Å². The minimum Gasteiger partial charge on any atom is -0.504 e. The summed E-state index contributed by atoms with van der Waals surface area (Å²) >= 11 is 0. The van der Waals surface area contributed by atoms with Gasteiger partial charge in [0, 0.05) is 25.7 Å². The van der Waals surface area contributed by atoms with Gasteiger partial charge in [-0.1, -0.05) is 0 Å². The fraction of sp³-hybridized carbons (Fsp3) is 0.600. The van der Waals surface area contributed by atoms with Crippen molar-refractivity contribution in [1.82, 2.24) is 10.2 Å². The number of nitrogens with one attached hydrogen (secondary N) is 1. The summed E-state index contributed by atoms with van der Waals surface area (Å²) in [6, 6.07) is 3.67. The molecule has 0 amide bonds. The lowest BCUT2D eigenvalue weighted by atomic mass is 9.91. The molecule has 0 radical (unpaired) electrons. The molecule has 2 aliphatic heterocycles. The van der Waals surface area contributed by atoms with Crippen molar-refractivity contribution < 1.29 is 14.9 Å². The summed E-state index contributed by atoms with van der Waals surface area (Å²) in [7, 11) is 0. The molecule has 5 heteroatoms. The molecule has 0 bridgehead atoms. The van der Waals surface area contributed by atoms with Crippen molar-refractivity contribution in [2.24, 2.45) is 0 Å². The number of hydrogen-bond donors (Lipinski definition) is 3. The van der Waals surface area contributed by atoms with Crippen molar-refractivity contribution in [2.45, 2.75) is 18.9 Å². The fourth-order valence-electron chi connectivity index (χ4n) is 3.06. The van der Waals surface area contributed by atoms with Crippen LogP contribution in [0.1, 0.15) is 23.6 Å². The third-order valence-corrected chi connectivity index (χ3v) is 4.23. The number of rotatable bonds is 3. The number of phenols is 2. The molecule has 1 aromatic carbocycles. The number of fused-ring (bicyclic) bond motifs is 1. The van der Waals surface area contributed by atoms with Gasteiger partial charge in [-0.05, 0) is 42.6 Å². The summed E-state index contributed by atoms with van der Waals surface area (Å²) in [6.07, 6.45) is 1.91. The third kappa shape index (κ3) is 2.90. The van der Waals surface area contributed by atoms with Crippen molar-refractivity contribution in [3.63, 3.8) is 0 Å². The van der Waals surface area contributed by atoms with Crippen LogP contribution in [0, 0.1) is 0 Å². The van der Waals surface area contributed by atoms with E-state index >= 15 is 0 Å². The van der Waals surface area contributed by atoms with E-state index in [1.807, 2.05) is 0 Å². The zero-order chi connectivity index (χ0) is 13.9. The number of aromatic hydroxyl groups is 2. The molecule has 3 N–H and O–H groups in total. The first-order valence-corrected chi connectivity index (χ1v) is 7.32. The van der Waals surface area contributed by atoms with E-state index < -0.39 is 0 Å². The minimum atomic E-state index is -0.0242.